The van der Waals surface area contributed by atoms with Gasteiger partial charge >= 0.3 is 5.97 Å². The van der Waals surface area contributed by atoms with Crippen LogP contribution in [0.3, 0.4) is 0 Å². The van der Waals surface area contributed by atoms with E-state index in [0.717, 1.165) is 6.42 Å². The first-order valence-corrected chi connectivity index (χ1v) is 5.40. The van der Waals surface area contributed by atoms with Crippen molar-refractivity contribution in [3.8, 4) is 0 Å². The molecule has 0 fully saturated rings. The van der Waals surface area contributed by atoms with Crippen LogP contribution >= 0.6 is 0 Å². The van der Waals surface area contributed by atoms with Gasteiger partial charge in [-0.05, 0) is 19.3 Å². The number of carbonyl (C=O) groups excluding carboxylic acids is 2. The number of rotatable bonds is 7. The van der Waals surface area contributed by atoms with E-state index in [2.05, 4.69) is 6.58 Å². The van der Waals surface area contributed by atoms with Crippen molar-refractivity contribution in [2.24, 2.45) is 11.8 Å². The molecule has 0 radical (unpaired) electrons. The van der Waals surface area contributed by atoms with Crippen LogP contribution in [0.15, 0.2) is 12.7 Å². The number of esters is 1. The number of hydrogen-bond donors (Lipinski definition) is 0. The molecule has 0 heterocycles. The van der Waals surface area contributed by atoms with Crippen LogP contribution in [-0.2, 0) is 14.3 Å². The maximum absolute atomic E-state index is 11.7. The highest BCUT2D eigenvalue weighted by Crippen LogP contribution is 2.18. The molecular formula is C12H20O3. The smallest absolute Gasteiger partial charge is 0.317 e. The van der Waals surface area contributed by atoms with Crippen LogP contribution in [0.1, 0.15) is 33.6 Å². The van der Waals surface area contributed by atoms with Crippen LogP contribution in [-0.4, -0.2) is 18.4 Å². The van der Waals surface area contributed by atoms with E-state index in [0.29, 0.717) is 13.0 Å². The maximum Gasteiger partial charge on any atom is 0.317 e. The molecule has 2 unspecified atom stereocenters. The second kappa shape index (κ2) is 7.21. The molecule has 0 amide bonds. The predicted molar refractivity (Wildman–Crippen MR) is 59.4 cm³/mol. The molecule has 0 rings (SSSR count). The number of carbonyl (C=O) groups is 2. The van der Waals surface area contributed by atoms with E-state index in [1.54, 1.807) is 13.0 Å². The second-order valence-corrected chi connectivity index (χ2v) is 3.54. The van der Waals surface area contributed by atoms with Crippen LogP contribution in [0.5, 0.6) is 0 Å². The third-order valence-corrected chi connectivity index (χ3v) is 2.28. The average Bonchev–Trinajstić information content (AvgIpc) is 2.18. The molecule has 3 heteroatoms. The summed E-state index contributed by atoms with van der Waals surface area (Å²) < 4.78 is 4.89. The number of Topliss-reactive ketones (excluding diaryl/α,β-unsaturated/α-hetero) is 1. The Balaban J connectivity index is 4.63. The molecule has 3 nitrogen and oxygen atoms in total. The number of ether oxygens (including phenoxy) is 1. The molecule has 0 aromatic heterocycles. The SMILES string of the molecule is C=CC(C)C(C(=O)CCC)C(=O)OCC. The van der Waals surface area contributed by atoms with E-state index < -0.39 is 11.9 Å². The van der Waals surface area contributed by atoms with Gasteiger partial charge < -0.3 is 4.74 Å². The topological polar surface area (TPSA) is 43.4 Å². The normalized spacial score (nSPS) is 14.1. The van der Waals surface area contributed by atoms with Gasteiger partial charge in [-0.25, -0.2) is 0 Å². The Hall–Kier alpha value is -1.12. The molecule has 0 aromatic rings. The monoisotopic (exact) mass is 212 g/mol. The third kappa shape index (κ3) is 4.28. The summed E-state index contributed by atoms with van der Waals surface area (Å²) in [5, 5.41) is 0. The van der Waals surface area contributed by atoms with Crippen molar-refractivity contribution in [3.63, 3.8) is 0 Å². The Bertz CT molecular complexity index is 215. The summed E-state index contributed by atoms with van der Waals surface area (Å²) >= 11 is 0. The van der Waals surface area contributed by atoms with E-state index in [1.807, 2.05) is 13.8 Å². The highest BCUT2D eigenvalue weighted by molar-refractivity contribution is 5.99. The van der Waals surface area contributed by atoms with Gasteiger partial charge in [-0.15, -0.1) is 6.58 Å². The molecule has 0 aliphatic carbocycles. The zero-order chi connectivity index (χ0) is 11.8. The summed E-state index contributed by atoms with van der Waals surface area (Å²) in [6.45, 7) is 9.37. The van der Waals surface area contributed by atoms with Crippen molar-refractivity contribution in [2.45, 2.75) is 33.6 Å². The van der Waals surface area contributed by atoms with Gasteiger partial charge in [0.1, 0.15) is 11.7 Å². The summed E-state index contributed by atoms with van der Waals surface area (Å²) in [6.07, 6.45) is 2.79. The van der Waals surface area contributed by atoms with E-state index >= 15 is 0 Å². The Morgan fingerprint density at radius 2 is 2.00 bits per heavy atom. The van der Waals surface area contributed by atoms with Crippen molar-refractivity contribution in [1.29, 1.82) is 0 Å². The Labute approximate surface area is 91.5 Å². The number of hydrogen-bond acceptors (Lipinski definition) is 3. The minimum absolute atomic E-state index is 0.0525. The van der Waals surface area contributed by atoms with Crippen LogP contribution in [0, 0.1) is 11.8 Å². The summed E-state index contributed by atoms with van der Waals surface area (Å²) in [7, 11) is 0. The standard InChI is InChI=1S/C12H20O3/c1-5-8-10(13)11(9(4)6-2)12(14)15-7-3/h6,9,11H,2,5,7-8H2,1,3-4H3. The van der Waals surface area contributed by atoms with Crippen molar-refractivity contribution in [3.05, 3.63) is 12.7 Å². The van der Waals surface area contributed by atoms with Crippen LogP contribution in [0.2, 0.25) is 0 Å². The average molecular weight is 212 g/mol. The molecule has 0 aromatic carbocycles. The highest BCUT2D eigenvalue weighted by atomic mass is 16.5. The van der Waals surface area contributed by atoms with Gasteiger partial charge in [0, 0.05) is 6.42 Å². The van der Waals surface area contributed by atoms with Crippen molar-refractivity contribution in [2.75, 3.05) is 6.61 Å². The first-order valence-electron chi connectivity index (χ1n) is 5.40. The number of ketones is 1. The fraction of sp³-hybridized carbons (Fsp3) is 0.667. The van der Waals surface area contributed by atoms with Crippen LogP contribution in [0.25, 0.3) is 0 Å². The molecule has 0 aliphatic heterocycles. The fourth-order valence-electron chi connectivity index (χ4n) is 1.41. The van der Waals surface area contributed by atoms with Gasteiger partial charge in [0.05, 0.1) is 6.61 Å². The lowest BCUT2D eigenvalue weighted by Gasteiger charge is -2.18. The Morgan fingerprint density at radius 1 is 1.40 bits per heavy atom. The molecule has 0 bridgehead atoms. The summed E-state index contributed by atoms with van der Waals surface area (Å²) in [5.74, 6) is -1.32. The van der Waals surface area contributed by atoms with Crippen LogP contribution in [0.4, 0.5) is 0 Å². The lowest BCUT2D eigenvalue weighted by atomic mass is 9.88. The minimum Gasteiger partial charge on any atom is -0.465 e. The van der Waals surface area contributed by atoms with Gasteiger partial charge in [-0.3, -0.25) is 9.59 Å². The van der Waals surface area contributed by atoms with E-state index in [9.17, 15) is 9.59 Å². The zero-order valence-electron chi connectivity index (χ0n) is 9.79. The van der Waals surface area contributed by atoms with Gasteiger partial charge in [-0.1, -0.05) is 19.9 Å². The van der Waals surface area contributed by atoms with E-state index in [-0.39, 0.29) is 11.7 Å². The Morgan fingerprint density at radius 3 is 2.40 bits per heavy atom. The molecule has 86 valence electrons. The second-order valence-electron chi connectivity index (χ2n) is 3.54. The third-order valence-electron chi connectivity index (χ3n) is 2.28. The molecular weight excluding hydrogens is 192 g/mol. The molecule has 0 aliphatic rings. The first-order chi connectivity index (χ1) is 7.08. The van der Waals surface area contributed by atoms with Gasteiger partial charge in [0.2, 0.25) is 0 Å². The van der Waals surface area contributed by atoms with Crippen LogP contribution < -0.4 is 0 Å². The van der Waals surface area contributed by atoms with E-state index in [1.165, 1.54) is 0 Å². The lowest BCUT2D eigenvalue weighted by Crippen LogP contribution is -2.30. The maximum atomic E-state index is 11.7. The molecule has 0 spiro atoms. The van der Waals surface area contributed by atoms with E-state index in [4.69, 9.17) is 4.74 Å². The van der Waals surface area contributed by atoms with Crippen molar-refractivity contribution < 1.29 is 14.3 Å². The largest absolute Gasteiger partial charge is 0.465 e. The predicted octanol–water partition coefficient (Wildman–Crippen LogP) is 2.36. The van der Waals surface area contributed by atoms with Crippen molar-refractivity contribution in [1.82, 2.24) is 0 Å². The fourth-order valence-corrected chi connectivity index (χ4v) is 1.41. The Kier molecular flexibility index (Phi) is 6.67. The zero-order valence-corrected chi connectivity index (χ0v) is 9.79. The summed E-state index contributed by atoms with van der Waals surface area (Å²) in [6, 6.07) is 0. The summed E-state index contributed by atoms with van der Waals surface area (Å²) in [5.41, 5.74) is 0. The first kappa shape index (κ1) is 13.9. The quantitative estimate of drug-likeness (QED) is 0.369. The minimum atomic E-state index is -0.678. The van der Waals surface area contributed by atoms with Gasteiger partial charge in [0.25, 0.3) is 0 Å². The van der Waals surface area contributed by atoms with Crippen molar-refractivity contribution >= 4 is 11.8 Å². The lowest BCUT2D eigenvalue weighted by molar-refractivity contribution is -0.153. The highest BCUT2D eigenvalue weighted by Gasteiger charge is 2.30. The van der Waals surface area contributed by atoms with Gasteiger partial charge in [0.15, 0.2) is 0 Å². The van der Waals surface area contributed by atoms with Gasteiger partial charge in [-0.2, -0.15) is 0 Å². The molecule has 0 N–H and O–H groups in total. The summed E-state index contributed by atoms with van der Waals surface area (Å²) in [4.78, 5) is 23.3. The molecule has 0 saturated heterocycles. The molecule has 0 saturated carbocycles. The number of allylic oxidation sites excluding steroid dienone is 1. The molecule has 15 heavy (non-hydrogen) atoms. The molecule has 2 atom stereocenters.